The lowest BCUT2D eigenvalue weighted by Crippen LogP contribution is -2.53. The van der Waals surface area contributed by atoms with E-state index in [0.717, 1.165) is 13.1 Å². The van der Waals surface area contributed by atoms with Crippen molar-refractivity contribution in [2.75, 3.05) is 19.6 Å². The zero-order valence-electron chi connectivity index (χ0n) is 10.9. The molecule has 88 valence electrons. The second kappa shape index (κ2) is 4.26. The highest BCUT2D eigenvalue weighted by molar-refractivity contribution is 5.05. The van der Waals surface area contributed by atoms with E-state index in [1.54, 1.807) is 0 Å². The predicted molar refractivity (Wildman–Crippen MR) is 66.9 cm³/mol. The van der Waals surface area contributed by atoms with Crippen molar-refractivity contribution in [3.05, 3.63) is 11.6 Å². The molecule has 0 fully saturated rings. The Morgan fingerprint density at radius 1 is 1.33 bits per heavy atom. The van der Waals surface area contributed by atoms with E-state index < -0.39 is 0 Å². The van der Waals surface area contributed by atoms with Crippen LogP contribution in [0.15, 0.2) is 11.6 Å². The molecule has 0 saturated carbocycles. The van der Waals surface area contributed by atoms with E-state index in [1.165, 1.54) is 18.5 Å². The van der Waals surface area contributed by atoms with Gasteiger partial charge in [-0.15, -0.1) is 0 Å². The monoisotopic (exact) mass is 210 g/mol. The molecular weight excluding hydrogens is 184 g/mol. The Balaban J connectivity index is 2.59. The molecule has 0 amide bonds. The normalized spacial score (nSPS) is 20.3. The van der Waals surface area contributed by atoms with Gasteiger partial charge in [0.1, 0.15) is 0 Å². The second-order valence-electron chi connectivity index (χ2n) is 6.16. The van der Waals surface area contributed by atoms with Gasteiger partial charge in [-0.05, 0) is 32.6 Å². The van der Waals surface area contributed by atoms with Gasteiger partial charge in [-0.3, -0.25) is 4.90 Å². The van der Waals surface area contributed by atoms with Crippen LogP contribution in [0.2, 0.25) is 0 Å². The molecule has 0 aromatic rings. The van der Waals surface area contributed by atoms with Crippen molar-refractivity contribution in [3.8, 4) is 0 Å². The molecule has 2 N–H and O–H groups in total. The third kappa shape index (κ3) is 3.32. The molecule has 0 aliphatic carbocycles. The molecule has 1 aliphatic heterocycles. The smallest absolute Gasteiger partial charge is 0.0190 e. The fourth-order valence-corrected chi connectivity index (χ4v) is 1.89. The second-order valence-corrected chi connectivity index (χ2v) is 6.16. The fourth-order valence-electron chi connectivity index (χ4n) is 1.89. The minimum Gasteiger partial charge on any atom is -0.325 e. The minimum atomic E-state index is -0.123. The molecule has 0 bridgehead atoms. The van der Waals surface area contributed by atoms with E-state index in [0.29, 0.717) is 0 Å². The van der Waals surface area contributed by atoms with E-state index in [2.05, 4.69) is 45.6 Å². The topological polar surface area (TPSA) is 29.3 Å². The van der Waals surface area contributed by atoms with Gasteiger partial charge < -0.3 is 5.73 Å². The largest absolute Gasteiger partial charge is 0.325 e. The molecule has 0 aromatic carbocycles. The summed E-state index contributed by atoms with van der Waals surface area (Å²) in [5.74, 6) is 0. The summed E-state index contributed by atoms with van der Waals surface area (Å²) >= 11 is 0. The summed E-state index contributed by atoms with van der Waals surface area (Å²) in [4.78, 5) is 2.52. The van der Waals surface area contributed by atoms with Crippen LogP contribution in [-0.2, 0) is 0 Å². The number of hydrogen-bond donors (Lipinski definition) is 1. The fraction of sp³-hybridized carbons (Fsp3) is 0.846. The standard InChI is InChI=1S/C13H26N2/c1-11-7-6-8-15(9-11)10-12(2,3)13(4,5)14/h7H,6,8-10,14H2,1-5H3. The third-order valence-corrected chi connectivity index (χ3v) is 3.77. The molecule has 2 nitrogen and oxygen atoms in total. The van der Waals surface area contributed by atoms with Crippen LogP contribution in [-0.4, -0.2) is 30.1 Å². The molecule has 0 atom stereocenters. The van der Waals surface area contributed by atoms with Crippen molar-refractivity contribution >= 4 is 0 Å². The Labute approximate surface area is 94.5 Å². The Morgan fingerprint density at radius 3 is 2.40 bits per heavy atom. The molecule has 1 aliphatic rings. The lowest BCUT2D eigenvalue weighted by molar-refractivity contribution is 0.117. The lowest BCUT2D eigenvalue weighted by Gasteiger charge is -2.43. The quantitative estimate of drug-likeness (QED) is 0.725. The first-order valence-corrected chi connectivity index (χ1v) is 5.89. The summed E-state index contributed by atoms with van der Waals surface area (Å²) in [5.41, 5.74) is 7.75. The van der Waals surface area contributed by atoms with Gasteiger partial charge in [0.15, 0.2) is 0 Å². The number of nitrogens with zero attached hydrogens (tertiary/aromatic N) is 1. The first-order chi connectivity index (χ1) is 6.72. The molecule has 1 heterocycles. The molecular formula is C13H26N2. The number of hydrogen-bond acceptors (Lipinski definition) is 2. The van der Waals surface area contributed by atoms with Crippen LogP contribution in [0.5, 0.6) is 0 Å². The average molecular weight is 210 g/mol. The molecule has 0 aromatic heterocycles. The van der Waals surface area contributed by atoms with E-state index in [4.69, 9.17) is 5.73 Å². The zero-order valence-corrected chi connectivity index (χ0v) is 10.9. The molecule has 0 spiro atoms. The van der Waals surface area contributed by atoms with Crippen LogP contribution in [0.25, 0.3) is 0 Å². The molecule has 0 unspecified atom stereocenters. The summed E-state index contributed by atoms with van der Waals surface area (Å²) in [6.07, 6.45) is 3.53. The van der Waals surface area contributed by atoms with E-state index in [1.807, 2.05) is 0 Å². The van der Waals surface area contributed by atoms with Crippen LogP contribution in [0, 0.1) is 5.41 Å². The van der Waals surface area contributed by atoms with Gasteiger partial charge in [0.2, 0.25) is 0 Å². The molecule has 0 saturated heterocycles. The molecule has 2 heteroatoms. The summed E-state index contributed by atoms with van der Waals surface area (Å²) < 4.78 is 0. The van der Waals surface area contributed by atoms with Crippen molar-refractivity contribution < 1.29 is 0 Å². The van der Waals surface area contributed by atoms with Gasteiger partial charge in [0.25, 0.3) is 0 Å². The van der Waals surface area contributed by atoms with Crippen molar-refractivity contribution in [1.82, 2.24) is 4.90 Å². The van der Waals surface area contributed by atoms with E-state index in [9.17, 15) is 0 Å². The maximum Gasteiger partial charge on any atom is 0.0190 e. The van der Waals surface area contributed by atoms with Crippen molar-refractivity contribution in [2.24, 2.45) is 11.1 Å². The van der Waals surface area contributed by atoms with Crippen molar-refractivity contribution in [1.29, 1.82) is 0 Å². The van der Waals surface area contributed by atoms with Crippen LogP contribution >= 0.6 is 0 Å². The maximum atomic E-state index is 6.22. The lowest BCUT2D eigenvalue weighted by atomic mass is 9.74. The first-order valence-electron chi connectivity index (χ1n) is 5.89. The van der Waals surface area contributed by atoms with Gasteiger partial charge in [0, 0.05) is 25.2 Å². The highest BCUT2D eigenvalue weighted by Crippen LogP contribution is 2.30. The Hall–Kier alpha value is -0.340. The van der Waals surface area contributed by atoms with E-state index in [-0.39, 0.29) is 11.0 Å². The first kappa shape index (κ1) is 12.7. The summed E-state index contributed by atoms with van der Waals surface area (Å²) in [5, 5.41) is 0. The van der Waals surface area contributed by atoms with Crippen LogP contribution in [0.1, 0.15) is 41.0 Å². The summed E-state index contributed by atoms with van der Waals surface area (Å²) in [6.45, 7) is 14.4. The van der Waals surface area contributed by atoms with E-state index >= 15 is 0 Å². The number of nitrogens with two attached hydrogens (primary N) is 1. The highest BCUT2D eigenvalue weighted by atomic mass is 15.1. The SMILES string of the molecule is CC1=CCCN(CC(C)(C)C(C)(C)N)C1. The van der Waals surface area contributed by atoms with Crippen molar-refractivity contribution in [3.63, 3.8) is 0 Å². The Kier molecular flexibility index (Phi) is 3.62. The van der Waals surface area contributed by atoms with Gasteiger partial charge in [-0.2, -0.15) is 0 Å². The van der Waals surface area contributed by atoms with Crippen LogP contribution in [0.3, 0.4) is 0 Å². The van der Waals surface area contributed by atoms with Gasteiger partial charge in [0.05, 0.1) is 0 Å². The van der Waals surface area contributed by atoms with Crippen LogP contribution < -0.4 is 5.73 Å². The average Bonchev–Trinajstić information content (AvgIpc) is 2.00. The highest BCUT2D eigenvalue weighted by Gasteiger charge is 2.35. The van der Waals surface area contributed by atoms with Gasteiger partial charge in [-0.1, -0.05) is 25.5 Å². The number of rotatable bonds is 3. The predicted octanol–water partition coefficient (Wildman–Crippen LogP) is 2.40. The third-order valence-electron chi connectivity index (χ3n) is 3.77. The van der Waals surface area contributed by atoms with Crippen molar-refractivity contribution in [2.45, 2.75) is 46.6 Å². The minimum absolute atomic E-state index is 0.123. The molecule has 0 radical (unpaired) electrons. The zero-order chi connectivity index (χ0) is 11.7. The summed E-state index contributed by atoms with van der Waals surface area (Å²) in [6, 6.07) is 0. The molecule has 15 heavy (non-hydrogen) atoms. The van der Waals surface area contributed by atoms with Crippen LogP contribution in [0.4, 0.5) is 0 Å². The molecule has 1 rings (SSSR count). The Morgan fingerprint density at radius 2 is 1.93 bits per heavy atom. The maximum absolute atomic E-state index is 6.22. The van der Waals surface area contributed by atoms with Gasteiger partial charge in [-0.25, -0.2) is 0 Å². The van der Waals surface area contributed by atoms with Gasteiger partial charge >= 0.3 is 0 Å². The Bertz CT molecular complexity index is 246. The summed E-state index contributed by atoms with van der Waals surface area (Å²) in [7, 11) is 0.